The van der Waals surface area contributed by atoms with Crippen LogP contribution in [-0.2, 0) is 11.3 Å². The lowest BCUT2D eigenvalue weighted by molar-refractivity contribution is -0.387. The zero-order valence-corrected chi connectivity index (χ0v) is 25.0. The molecule has 4 aromatic rings. The van der Waals surface area contributed by atoms with Gasteiger partial charge in [-0.25, -0.2) is 9.37 Å². The molecule has 1 N–H and O–H groups in total. The fraction of sp³-hybridized carbons (Fsp3) is 0.233. The predicted octanol–water partition coefficient (Wildman–Crippen LogP) is 7.04. The molecule has 1 heterocycles. The second kappa shape index (κ2) is 12.5. The van der Waals surface area contributed by atoms with Gasteiger partial charge in [-0.2, -0.15) is 4.39 Å². The van der Waals surface area contributed by atoms with E-state index in [0.717, 1.165) is 23.1 Å². The number of fused-ring (bicyclic) bond motifs is 1. The van der Waals surface area contributed by atoms with Crippen molar-refractivity contribution < 1.29 is 28.0 Å². The largest absolute Gasteiger partial charge is 0.497 e. The number of nitro benzene ring substituents is 1. The number of nitrogens with zero attached hydrogens (tertiary/aromatic N) is 3. The SMILES string of the molecule is COc1ccc(CN(C(=O)c2c(F)c([N+](=O)[O-])cc3c(Cl)nccc23)C(C(=O)NC(C)(C)C)c2cc(F)ccc2Cl)cc1. The average Bonchev–Trinajstić information content (AvgIpc) is 2.93. The van der Waals surface area contributed by atoms with Crippen molar-refractivity contribution in [2.75, 3.05) is 7.11 Å². The Kier molecular flexibility index (Phi) is 9.17. The highest BCUT2D eigenvalue weighted by atomic mass is 35.5. The number of methoxy groups -OCH3 is 1. The molecule has 1 atom stereocenters. The number of aromatic nitrogens is 1. The lowest BCUT2D eigenvalue weighted by Crippen LogP contribution is -2.49. The van der Waals surface area contributed by atoms with Crippen LogP contribution < -0.4 is 10.1 Å². The maximum atomic E-state index is 16.0. The Hall–Kier alpha value is -4.35. The van der Waals surface area contributed by atoms with E-state index in [-0.39, 0.29) is 33.1 Å². The summed E-state index contributed by atoms with van der Waals surface area (Å²) in [5.74, 6) is -3.54. The molecule has 0 fully saturated rings. The van der Waals surface area contributed by atoms with Gasteiger partial charge in [-0.3, -0.25) is 19.7 Å². The number of halogens is 4. The van der Waals surface area contributed by atoms with E-state index in [2.05, 4.69) is 10.3 Å². The van der Waals surface area contributed by atoms with Crippen LogP contribution in [0.4, 0.5) is 14.5 Å². The van der Waals surface area contributed by atoms with Crippen molar-refractivity contribution in [3.8, 4) is 5.75 Å². The predicted molar refractivity (Wildman–Crippen MR) is 158 cm³/mol. The number of pyridine rings is 1. The summed E-state index contributed by atoms with van der Waals surface area (Å²) in [6, 6.07) is 10.4. The van der Waals surface area contributed by atoms with Gasteiger partial charge in [0.15, 0.2) is 0 Å². The molecule has 2 amide bonds. The first-order valence-electron chi connectivity index (χ1n) is 12.8. The third kappa shape index (κ3) is 6.84. The van der Waals surface area contributed by atoms with Crippen LogP contribution in [0.25, 0.3) is 10.8 Å². The van der Waals surface area contributed by atoms with E-state index in [1.807, 2.05) is 0 Å². The molecule has 0 aliphatic rings. The van der Waals surface area contributed by atoms with Gasteiger partial charge in [-0.15, -0.1) is 0 Å². The van der Waals surface area contributed by atoms with Crippen LogP contribution in [0.1, 0.15) is 48.3 Å². The Balaban J connectivity index is 2.03. The molecule has 0 radical (unpaired) electrons. The molecule has 3 aromatic carbocycles. The van der Waals surface area contributed by atoms with Crippen LogP contribution in [0.15, 0.2) is 60.8 Å². The minimum atomic E-state index is -1.61. The third-order valence-electron chi connectivity index (χ3n) is 6.43. The summed E-state index contributed by atoms with van der Waals surface area (Å²) >= 11 is 12.7. The van der Waals surface area contributed by atoms with Gasteiger partial charge in [0.25, 0.3) is 5.91 Å². The summed E-state index contributed by atoms with van der Waals surface area (Å²) in [6.45, 7) is 4.79. The molecule has 9 nitrogen and oxygen atoms in total. The summed E-state index contributed by atoms with van der Waals surface area (Å²) in [5.41, 5.74) is -2.16. The maximum absolute atomic E-state index is 16.0. The van der Waals surface area contributed by atoms with Crippen LogP contribution in [0.3, 0.4) is 0 Å². The number of ether oxygens (including phenoxy) is 1. The van der Waals surface area contributed by atoms with Crippen LogP contribution in [0, 0.1) is 21.7 Å². The van der Waals surface area contributed by atoms with Gasteiger partial charge in [0.1, 0.15) is 22.8 Å². The zero-order valence-electron chi connectivity index (χ0n) is 23.5. The zero-order chi connectivity index (χ0) is 31.6. The first kappa shape index (κ1) is 31.6. The Bertz CT molecular complexity index is 1730. The molecule has 0 bridgehead atoms. The summed E-state index contributed by atoms with van der Waals surface area (Å²) < 4.78 is 35.8. The molecular weight excluding hydrogens is 605 g/mol. The van der Waals surface area contributed by atoms with Crippen molar-refractivity contribution in [3.63, 3.8) is 0 Å². The van der Waals surface area contributed by atoms with E-state index >= 15 is 4.39 Å². The van der Waals surface area contributed by atoms with Gasteiger partial charge < -0.3 is 15.0 Å². The molecule has 1 aromatic heterocycles. The summed E-state index contributed by atoms with van der Waals surface area (Å²) in [5, 5.41) is 14.2. The molecule has 13 heteroatoms. The van der Waals surface area contributed by atoms with Crippen molar-refractivity contribution in [3.05, 3.63) is 109 Å². The number of nitrogens with one attached hydrogen (secondary N) is 1. The number of carbonyl (C=O) groups is 2. The summed E-state index contributed by atoms with van der Waals surface area (Å²) in [7, 11) is 1.47. The number of carbonyl (C=O) groups excluding carboxylic acids is 2. The van der Waals surface area contributed by atoms with E-state index in [0.29, 0.717) is 11.3 Å². The molecule has 4 rings (SSSR count). The van der Waals surface area contributed by atoms with Gasteiger partial charge >= 0.3 is 5.69 Å². The fourth-order valence-corrected chi connectivity index (χ4v) is 4.99. The Morgan fingerprint density at radius 1 is 1.07 bits per heavy atom. The summed E-state index contributed by atoms with van der Waals surface area (Å²) in [4.78, 5) is 44.2. The normalized spacial score (nSPS) is 12.1. The second-order valence-electron chi connectivity index (χ2n) is 10.6. The standard InChI is InChI=1S/C30H26Cl2F2N4O5/c1-30(2,3)36-28(39)26(21-13-17(33)7-10-22(21)31)37(15-16-5-8-18(43-4)9-6-16)29(40)24-19-11-12-35-27(32)20(19)14-23(25(24)34)38(41)42/h5-14,26H,15H2,1-4H3,(H,36,39). The smallest absolute Gasteiger partial charge is 0.306 e. The van der Waals surface area contributed by atoms with E-state index in [4.69, 9.17) is 27.9 Å². The first-order chi connectivity index (χ1) is 20.2. The molecule has 0 saturated heterocycles. The number of benzene rings is 3. The number of nitro groups is 1. The Morgan fingerprint density at radius 2 is 1.74 bits per heavy atom. The van der Waals surface area contributed by atoms with Gasteiger partial charge in [0, 0.05) is 45.7 Å². The fourth-order valence-electron chi connectivity index (χ4n) is 4.56. The molecule has 1 unspecified atom stereocenters. The highest BCUT2D eigenvalue weighted by Crippen LogP contribution is 2.37. The van der Waals surface area contributed by atoms with Crippen LogP contribution in [-0.4, -0.2) is 39.3 Å². The molecule has 224 valence electrons. The van der Waals surface area contributed by atoms with Crippen LogP contribution in [0.5, 0.6) is 5.75 Å². The van der Waals surface area contributed by atoms with E-state index in [1.54, 1.807) is 45.0 Å². The average molecular weight is 631 g/mol. The van der Waals surface area contributed by atoms with Crippen molar-refractivity contribution in [1.29, 1.82) is 0 Å². The van der Waals surface area contributed by atoms with Gasteiger partial charge in [0.2, 0.25) is 11.7 Å². The van der Waals surface area contributed by atoms with Crippen molar-refractivity contribution >= 4 is 51.5 Å². The first-order valence-corrected chi connectivity index (χ1v) is 13.6. The van der Waals surface area contributed by atoms with Gasteiger partial charge in [-0.05, 0) is 62.7 Å². The van der Waals surface area contributed by atoms with Gasteiger partial charge in [0.05, 0.1) is 17.6 Å². The van der Waals surface area contributed by atoms with Crippen LogP contribution in [0.2, 0.25) is 10.2 Å². The monoisotopic (exact) mass is 630 g/mol. The minimum Gasteiger partial charge on any atom is -0.497 e. The molecule has 0 saturated carbocycles. The Morgan fingerprint density at radius 3 is 2.35 bits per heavy atom. The summed E-state index contributed by atoms with van der Waals surface area (Å²) in [6.07, 6.45) is 1.22. The minimum absolute atomic E-state index is 0.0420. The molecular formula is C30H26Cl2F2N4O5. The molecule has 43 heavy (non-hydrogen) atoms. The lowest BCUT2D eigenvalue weighted by atomic mass is 9.97. The number of amides is 2. The van der Waals surface area contributed by atoms with Crippen LogP contribution >= 0.6 is 23.2 Å². The maximum Gasteiger partial charge on any atom is 0.306 e. The number of hydrogen-bond donors (Lipinski definition) is 1. The molecule has 0 spiro atoms. The van der Waals surface area contributed by atoms with E-state index in [9.17, 15) is 24.1 Å². The number of hydrogen-bond acceptors (Lipinski definition) is 6. The van der Waals surface area contributed by atoms with Crippen molar-refractivity contribution in [2.24, 2.45) is 0 Å². The third-order valence-corrected chi connectivity index (χ3v) is 7.08. The Labute approximate surface area is 255 Å². The molecule has 0 aliphatic heterocycles. The van der Waals surface area contributed by atoms with E-state index < -0.39 is 51.2 Å². The van der Waals surface area contributed by atoms with Gasteiger partial charge in [-0.1, -0.05) is 35.3 Å². The van der Waals surface area contributed by atoms with Crippen molar-refractivity contribution in [1.82, 2.24) is 15.2 Å². The quantitative estimate of drug-likeness (QED) is 0.127. The van der Waals surface area contributed by atoms with Crippen molar-refractivity contribution in [2.45, 2.75) is 38.9 Å². The number of rotatable bonds is 8. The topological polar surface area (TPSA) is 115 Å². The van der Waals surface area contributed by atoms with E-state index in [1.165, 1.54) is 25.4 Å². The highest BCUT2D eigenvalue weighted by molar-refractivity contribution is 6.35. The highest BCUT2D eigenvalue weighted by Gasteiger charge is 2.38. The molecule has 0 aliphatic carbocycles. The second-order valence-corrected chi connectivity index (χ2v) is 11.4. The lowest BCUT2D eigenvalue weighted by Gasteiger charge is -2.34.